The fraction of sp³-hybridized carbons (Fsp3) is 0.227. The van der Waals surface area contributed by atoms with Crippen molar-refractivity contribution >= 4 is 39.4 Å². The van der Waals surface area contributed by atoms with E-state index in [0.717, 1.165) is 29.0 Å². The summed E-state index contributed by atoms with van der Waals surface area (Å²) in [5, 5.41) is 2.62. The largest absolute Gasteiger partial charge is 0.323 e. The monoisotopic (exact) mass is 423 g/mol. The van der Waals surface area contributed by atoms with Crippen molar-refractivity contribution in [2.75, 3.05) is 30.3 Å². The molecule has 0 atom stereocenters. The molecule has 0 saturated carbocycles. The number of benzene rings is 2. The van der Waals surface area contributed by atoms with Gasteiger partial charge in [-0.1, -0.05) is 72.4 Å². The first-order valence-corrected chi connectivity index (χ1v) is 11.3. The molecule has 0 radical (unpaired) electrons. The summed E-state index contributed by atoms with van der Waals surface area (Å²) in [5.74, 6) is 0.650. The van der Waals surface area contributed by atoms with Crippen molar-refractivity contribution in [1.29, 1.82) is 0 Å². The van der Waals surface area contributed by atoms with Crippen LogP contribution >= 0.6 is 23.1 Å². The highest BCUT2D eigenvalue weighted by Gasteiger charge is 2.27. The maximum atomic E-state index is 13.1. The number of nitrogens with zero attached hydrogens (tertiary/aromatic N) is 3. The number of hydrogen-bond donors (Lipinski definition) is 0. The summed E-state index contributed by atoms with van der Waals surface area (Å²) in [5.41, 5.74) is 3.05. The molecule has 0 bridgehead atoms. The third-order valence-corrected chi connectivity index (χ3v) is 6.49. The molecule has 1 aromatic heterocycles. The molecular weight excluding hydrogens is 402 g/mol. The Hall–Kier alpha value is -2.64. The maximum Gasteiger partial charge on any atom is 0.282 e. The third-order valence-electron chi connectivity index (χ3n) is 4.73. The van der Waals surface area contributed by atoms with Crippen molar-refractivity contribution in [1.82, 2.24) is 9.88 Å². The van der Waals surface area contributed by atoms with Crippen LogP contribution in [0.2, 0.25) is 0 Å². The topological polar surface area (TPSA) is 53.5 Å². The van der Waals surface area contributed by atoms with E-state index < -0.39 is 0 Å². The zero-order valence-electron chi connectivity index (χ0n) is 15.9. The van der Waals surface area contributed by atoms with Gasteiger partial charge < -0.3 is 4.90 Å². The highest BCUT2D eigenvalue weighted by Crippen LogP contribution is 2.28. The fourth-order valence-electron chi connectivity index (χ4n) is 3.16. The van der Waals surface area contributed by atoms with Gasteiger partial charge in [0.15, 0.2) is 5.13 Å². The van der Waals surface area contributed by atoms with Crippen molar-refractivity contribution in [3.8, 4) is 11.3 Å². The Balaban J connectivity index is 1.54. The maximum absolute atomic E-state index is 13.1. The predicted molar refractivity (Wildman–Crippen MR) is 119 cm³/mol. The van der Waals surface area contributed by atoms with Crippen LogP contribution in [0.3, 0.4) is 0 Å². The van der Waals surface area contributed by atoms with E-state index in [-0.39, 0.29) is 17.7 Å². The lowest BCUT2D eigenvalue weighted by atomic mass is 10.1. The Labute approximate surface area is 178 Å². The number of hydrogen-bond acceptors (Lipinski definition) is 5. The molecule has 1 fully saturated rings. The molecule has 4 rings (SSSR count). The molecule has 5 nitrogen and oxygen atoms in total. The van der Waals surface area contributed by atoms with E-state index in [4.69, 9.17) is 4.98 Å². The minimum Gasteiger partial charge on any atom is -0.323 e. The van der Waals surface area contributed by atoms with Crippen molar-refractivity contribution in [2.24, 2.45) is 0 Å². The Morgan fingerprint density at radius 1 is 1.07 bits per heavy atom. The Kier molecular flexibility index (Phi) is 6.27. The van der Waals surface area contributed by atoms with Crippen molar-refractivity contribution in [2.45, 2.75) is 6.42 Å². The first-order chi connectivity index (χ1) is 14.2. The summed E-state index contributed by atoms with van der Waals surface area (Å²) in [7, 11) is 0. The molecule has 0 N–H and O–H groups in total. The van der Waals surface area contributed by atoms with Crippen LogP contribution in [0.15, 0.2) is 66.0 Å². The summed E-state index contributed by atoms with van der Waals surface area (Å²) in [6.07, 6.45) is 0.732. The molecule has 0 spiro atoms. The second kappa shape index (κ2) is 9.24. The lowest BCUT2D eigenvalue weighted by Gasteiger charge is -2.23. The molecule has 1 aliphatic heterocycles. The van der Waals surface area contributed by atoms with E-state index in [1.807, 2.05) is 53.9 Å². The first kappa shape index (κ1) is 19.7. The highest BCUT2D eigenvalue weighted by molar-refractivity contribution is 8.13. The number of carbonyl (C=O) groups is 2. The van der Waals surface area contributed by atoms with Gasteiger partial charge in [-0.25, -0.2) is 4.98 Å². The third kappa shape index (κ3) is 4.86. The van der Waals surface area contributed by atoms with Crippen molar-refractivity contribution in [3.05, 3.63) is 71.6 Å². The number of carbonyl (C=O) groups excluding carboxylic acids is 2. The van der Waals surface area contributed by atoms with E-state index in [0.29, 0.717) is 18.2 Å². The number of thioether (sulfide) groups is 1. The molecule has 2 amide bonds. The SMILES string of the molecule is O=C1SCCN1CC(=O)N(CCc1ccccc1)c1nc(-c2ccccc2)cs1. The lowest BCUT2D eigenvalue weighted by Crippen LogP contribution is -2.41. The van der Waals surface area contributed by atoms with E-state index in [9.17, 15) is 9.59 Å². The minimum absolute atomic E-state index is 0.0227. The second-order valence-electron chi connectivity index (χ2n) is 6.70. The summed E-state index contributed by atoms with van der Waals surface area (Å²) < 4.78 is 0. The van der Waals surface area contributed by atoms with Gasteiger partial charge in [-0.3, -0.25) is 14.5 Å². The summed E-state index contributed by atoms with van der Waals surface area (Å²) in [4.78, 5) is 33.1. The molecule has 1 saturated heterocycles. The zero-order valence-corrected chi connectivity index (χ0v) is 17.5. The number of amides is 2. The number of thiazole rings is 1. The molecule has 2 aromatic carbocycles. The van der Waals surface area contributed by atoms with Crippen molar-refractivity contribution in [3.63, 3.8) is 0 Å². The van der Waals surface area contributed by atoms with E-state index in [2.05, 4.69) is 12.1 Å². The Morgan fingerprint density at radius 2 is 1.79 bits per heavy atom. The summed E-state index contributed by atoms with van der Waals surface area (Å²) in [6, 6.07) is 20.0. The quantitative estimate of drug-likeness (QED) is 0.559. The average Bonchev–Trinajstić information content (AvgIpc) is 3.39. The normalized spacial score (nSPS) is 13.7. The van der Waals surface area contributed by atoms with Crippen LogP contribution in [0.1, 0.15) is 5.56 Å². The standard InChI is InChI=1S/C22H21N3O2S2/c26-20(15-24-13-14-28-22(24)27)25(12-11-17-7-3-1-4-8-17)21-23-19(16-29-21)18-9-5-2-6-10-18/h1-10,16H,11-15H2. The highest BCUT2D eigenvalue weighted by atomic mass is 32.2. The van der Waals surface area contributed by atoms with Gasteiger partial charge in [0.1, 0.15) is 6.54 Å². The molecule has 7 heteroatoms. The Morgan fingerprint density at radius 3 is 2.48 bits per heavy atom. The lowest BCUT2D eigenvalue weighted by molar-refractivity contribution is -0.119. The predicted octanol–water partition coefficient (Wildman–Crippen LogP) is 4.55. The summed E-state index contributed by atoms with van der Waals surface area (Å²) >= 11 is 2.73. The smallest absolute Gasteiger partial charge is 0.282 e. The number of anilines is 1. The molecule has 2 heterocycles. The molecule has 29 heavy (non-hydrogen) atoms. The van der Waals surface area contributed by atoms with Gasteiger partial charge in [-0.05, 0) is 12.0 Å². The van der Waals surface area contributed by atoms with Gasteiger partial charge in [0, 0.05) is 29.8 Å². The van der Waals surface area contributed by atoms with Crippen LogP contribution in [0, 0.1) is 0 Å². The number of aromatic nitrogens is 1. The fourth-order valence-corrected chi connectivity index (χ4v) is 4.86. The number of rotatable bonds is 7. The van der Waals surface area contributed by atoms with Crippen LogP contribution in [0.5, 0.6) is 0 Å². The molecular formula is C22H21N3O2S2. The van der Waals surface area contributed by atoms with Gasteiger partial charge in [-0.2, -0.15) is 0 Å². The van der Waals surface area contributed by atoms with Gasteiger partial charge in [0.05, 0.1) is 5.69 Å². The Bertz CT molecular complexity index is 976. The van der Waals surface area contributed by atoms with Crippen molar-refractivity contribution < 1.29 is 9.59 Å². The minimum atomic E-state index is -0.0919. The van der Waals surface area contributed by atoms with Crippen LogP contribution in [-0.2, 0) is 11.2 Å². The van der Waals surface area contributed by atoms with E-state index in [1.54, 1.807) is 9.80 Å². The molecule has 3 aromatic rings. The molecule has 1 aliphatic rings. The summed E-state index contributed by atoms with van der Waals surface area (Å²) in [6.45, 7) is 1.25. The van der Waals surface area contributed by atoms with E-state index in [1.165, 1.54) is 23.1 Å². The van der Waals surface area contributed by atoms with Crippen LogP contribution in [0.4, 0.5) is 9.93 Å². The van der Waals surface area contributed by atoms with Crippen LogP contribution in [0.25, 0.3) is 11.3 Å². The van der Waals surface area contributed by atoms with Gasteiger partial charge in [-0.15, -0.1) is 11.3 Å². The van der Waals surface area contributed by atoms with Gasteiger partial charge >= 0.3 is 0 Å². The van der Waals surface area contributed by atoms with Gasteiger partial charge in [0.25, 0.3) is 5.24 Å². The zero-order chi connectivity index (χ0) is 20.1. The molecule has 0 aliphatic carbocycles. The van der Waals surface area contributed by atoms with Gasteiger partial charge in [0.2, 0.25) is 5.91 Å². The second-order valence-corrected chi connectivity index (χ2v) is 8.58. The molecule has 0 unspecified atom stereocenters. The average molecular weight is 424 g/mol. The van der Waals surface area contributed by atoms with E-state index >= 15 is 0 Å². The van der Waals surface area contributed by atoms with Crippen LogP contribution < -0.4 is 4.90 Å². The van der Waals surface area contributed by atoms with Crippen LogP contribution in [-0.4, -0.2) is 46.4 Å². The first-order valence-electron chi connectivity index (χ1n) is 9.47. The molecule has 148 valence electrons.